The fourth-order valence-electron chi connectivity index (χ4n) is 4.35. The first-order valence-electron chi connectivity index (χ1n) is 9.84. The minimum Gasteiger partial charge on any atom is -0.480 e. The lowest BCUT2D eigenvalue weighted by molar-refractivity contribution is 0.00984. The molecule has 1 atom stereocenters. The van der Waals surface area contributed by atoms with Crippen LogP contribution in [0.5, 0.6) is 5.88 Å². The number of nitrogens with zero attached hydrogens (tertiary/aromatic N) is 7. The Kier molecular flexibility index (Phi) is 4.48. The van der Waals surface area contributed by atoms with Crippen molar-refractivity contribution in [2.45, 2.75) is 31.3 Å². The lowest BCUT2D eigenvalue weighted by Gasteiger charge is -2.34. The number of methoxy groups -OCH3 is 1. The smallest absolute Gasteiger partial charge is 0.231 e. The van der Waals surface area contributed by atoms with Gasteiger partial charge in [-0.3, -0.25) is 4.68 Å². The van der Waals surface area contributed by atoms with Crippen molar-refractivity contribution in [3.8, 4) is 5.88 Å². The van der Waals surface area contributed by atoms with E-state index in [1.165, 1.54) is 11.3 Å². The number of hydrogen-bond acceptors (Lipinski definition) is 7. The first-order chi connectivity index (χ1) is 13.7. The Balaban J connectivity index is 1.26. The number of ether oxygens (including phenoxy) is 2. The van der Waals surface area contributed by atoms with E-state index in [2.05, 4.69) is 25.3 Å². The number of hydrogen-bond donors (Lipinski definition) is 0. The third-order valence-electron chi connectivity index (χ3n) is 5.95. The SMILES string of the molecule is COc1ccc2nnc(C3CCN(CC4OCCc5c4cnn5C)CC3)n2n1. The zero-order chi connectivity index (χ0) is 19.1. The van der Waals surface area contributed by atoms with Crippen LogP contribution in [0.25, 0.3) is 5.65 Å². The Hall–Kier alpha value is -2.52. The van der Waals surface area contributed by atoms with E-state index >= 15 is 0 Å². The van der Waals surface area contributed by atoms with E-state index in [9.17, 15) is 0 Å². The van der Waals surface area contributed by atoms with Crippen LogP contribution in [-0.4, -0.2) is 67.8 Å². The van der Waals surface area contributed by atoms with Gasteiger partial charge in [0.15, 0.2) is 11.5 Å². The minimum atomic E-state index is 0.119. The van der Waals surface area contributed by atoms with Gasteiger partial charge in [-0.2, -0.15) is 9.61 Å². The summed E-state index contributed by atoms with van der Waals surface area (Å²) < 4.78 is 15.1. The summed E-state index contributed by atoms with van der Waals surface area (Å²) in [5.41, 5.74) is 3.31. The maximum atomic E-state index is 6.06. The lowest BCUT2D eigenvalue weighted by Crippen LogP contribution is -2.38. The molecule has 0 aromatic carbocycles. The van der Waals surface area contributed by atoms with Crippen molar-refractivity contribution >= 4 is 5.65 Å². The fraction of sp³-hybridized carbons (Fsp3) is 0.579. The summed E-state index contributed by atoms with van der Waals surface area (Å²) in [5, 5.41) is 17.6. The van der Waals surface area contributed by atoms with Gasteiger partial charge in [-0.25, -0.2) is 0 Å². The van der Waals surface area contributed by atoms with Crippen LogP contribution in [0.2, 0.25) is 0 Å². The number of aromatic nitrogens is 6. The molecule has 2 aliphatic rings. The van der Waals surface area contributed by atoms with Crippen molar-refractivity contribution in [2.24, 2.45) is 7.05 Å². The molecule has 0 radical (unpaired) electrons. The summed E-state index contributed by atoms with van der Waals surface area (Å²) in [4.78, 5) is 2.49. The van der Waals surface area contributed by atoms with Gasteiger partial charge in [-0.15, -0.1) is 15.3 Å². The number of aryl methyl sites for hydroxylation is 1. The van der Waals surface area contributed by atoms with E-state index < -0.39 is 0 Å². The van der Waals surface area contributed by atoms with Crippen LogP contribution >= 0.6 is 0 Å². The molecule has 5 heterocycles. The summed E-state index contributed by atoms with van der Waals surface area (Å²) in [6, 6.07) is 3.70. The highest BCUT2D eigenvalue weighted by Gasteiger charge is 2.30. The quantitative estimate of drug-likeness (QED) is 0.673. The van der Waals surface area contributed by atoms with Crippen molar-refractivity contribution in [3.05, 3.63) is 35.4 Å². The lowest BCUT2D eigenvalue weighted by atomic mass is 9.95. The number of likely N-dealkylation sites (tertiary alicyclic amines) is 1. The monoisotopic (exact) mass is 383 g/mol. The van der Waals surface area contributed by atoms with E-state index in [-0.39, 0.29) is 6.10 Å². The molecule has 0 N–H and O–H groups in total. The normalized spacial score (nSPS) is 21.1. The molecule has 0 bridgehead atoms. The van der Waals surface area contributed by atoms with Crippen molar-refractivity contribution in [3.63, 3.8) is 0 Å². The largest absolute Gasteiger partial charge is 0.480 e. The summed E-state index contributed by atoms with van der Waals surface area (Å²) >= 11 is 0. The third kappa shape index (κ3) is 3.04. The van der Waals surface area contributed by atoms with Gasteiger partial charge in [0.25, 0.3) is 0 Å². The van der Waals surface area contributed by atoms with Crippen LogP contribution in [-0.2, 0) is 18.2 Å². The molecule has 0 amide bonds. The second-order valence-corrected chi connectivity index (χ2v) is 7.56. The van der Waals surface area contributed by atoms with Crippen LogP contribution in [0.4, 0.5) is 0 Å². The maximum Gasteiger partial charge on any atom is 0.231 e. The molecule has 0 saturated carbocycles. The van der Waals surface area contributed by atoms with Gasteiger partial charge in [0, 0.05) is 43.3 Å². The van der Waals surface area contributed by atoms with Crippen LogP contribution in [0.1, 0.15) is 41.9 Å². The molecular formula is C19H25N7O2. The highest BCUT2D eigenvalue weighted by molar-refractivity contribution is 5.38. The van der Waals surface area contributed by atoms with Gasteiger partial charge in [-0.05, 0) is 32.0 Å². The standard InChI is InChI=1S/C19H25N7O2/c1-24-15-7-10-28-16(14(15)11-20-24)12-25-8-5-13(6-9-25)19-22-21-17-3-4-18(27-2)23-26(17)19/h3-4,11,13,16H,5-10,12H2,1-2H3. The molecule has 148 valence electrons. The molecule has 3 aromatic heterocycles. The van der Waals surface area contributed by atoms with Gasteiger partial charge in [0.2, 0.25) is 5.88 Å². The van der Waals surface area contributed by atoms with E-state index in [0.29, 0.717) is 11.8 Å². The fourth-order valence-corrected chi connectivity index (χ4v) is 4.35. The Labute approximate surface area is 163 Å². The molecule has 9 heteroatoms. The average Bonchev–Trinajstić information content (AvgIpc) is 3.33. The predicted molar refractivity (Wildman–Crippen MR) is 101 cm³/mol. The first-order valence-corrected chi connectivity index (χ1v) is 9.84. The Morgan fingerprint density at radius 2 is 2.07 bits per heavy atom. The van der Waals surface area contributed by atoms with E-state index in [0.717, 1.165) is 57.0 Å². The van der Waals surface area contributed by atoms with Crippen molar-refractivity contribution in [1.29, 1.82) is 0 Å². The van der Waals surface area contributed by atoms with Crippen molar-refractivity contribution in [2.75, 3.05) is 33.4 Å². The molecule has 5 rings (SSSR count). The third-order valence-corrected chi connectivity index (χ3v) is 5.95. The van der Waals surface area contributed by atoms with Crippen LogP contribution in [0.3, 0.4) is 0 Å². The predicted octanol–water partition coefficient (Wildman–Crippen LogP) is 1.36. The van der Waals surface area contributed by atoms with Gasteiger partial charge < -0.3 is 14.4 Å². The number of piperidine rings is 1. The molecule has 28 heavy (non-hydrogen) atoms. The van der Waals surface area contributed by atoms with Crippen LogP contribution in [0, 0.1) is 0 Å². The summed E-state index contributed by atoms with van der Waals surface area (Å²) in [7, 11) is 3.64. The van der Waals surface area contributed by atoms with Crippen LogP contribution in [0.15, 0.2) is 18.3 Å². The highest BCUT2D eigenvalue weighted by Crippen LogP contribution is 2.31. The summed E-state index contributed by atoms with van der Waals surface area (Å²) in [5.74, 6) is 1.86. The van der Waals surface area contributed by atoms with Gasteiger partial charge >= 0.3 is 0 Å². The molecule has 0 spiro atoms. The highest BCUT2D eigenvalue weighted by atomic mass is 16.5. The zero-order valence-electron chi connectivity index (χ0n) is 16.3. The summed E-state index contributed by atoms with van der Waals surface area (Å²) in [6.45, 7) is 3.71. The molecule has 0 aliphatic carbocycles. The second-order valence-electron chi connectivity index (χ2n) is 7.56. The van der Waals surface area contributed by atoms with Crippen molar-refractivity contribution in [1.82, 2.24) is 34.5 Å². The molecule has 2 aliphatic heterocycles. The van der Waals surface area contributed by atoms with Gasteiger partial charge in [0.1, 0.15) is 0 Å². The molecule has 1 saturated heterocycles. The van der Waals surface area contributed by atoms with E-state index in [1.807, 2.05) is 34.6 Å². The van der Waals surface area contributed by atoms with Gasteiger partial charge in [-0.1, -0.05) is 0 Å². The molecular weight excluding hydrogens is 358 g/mol. The first kappa shape index (κ1) is 17.6. The molecule has 1 fully saturated rings. The number of fused-ring (bicyclic) bond motifs is 2. The molecule has 1 unspecified atom stereocenters. The zero-order valence-corrected chi connectivity index (χ0v) is 16.3. The maximum absolute atomic E-state index is 6.06. The Bertz CT molecular complexity index is 974. The average molecular weight is 383 g/mol. The summed E-state index contributed by atoms with van der Waals surface area (Å²) in [6.07, 6.45) is 5.10. The second kappa shape index (κ2) is 7.14. The van der Waals surface area contributed by atoms with E-state index in [1.54, 1.807) is 7.11 Å². The van der Waals surface area contributed by atoms with Crippen molar-refractivity contribution < 1.29 is 9.47 Å². The number of rotatable bonds is 4. The minimum absolute atomic E-state index is 0.119. The van der Waals surface area contributed by atoms with Crippen LogP contribution < -0.4 is 4.74 Å². The molecule has 3 aromatic rings. The van der Waals surface area contributed by atoms with Gasteiger partial charge in [0.05, 0.1) is 26.0 Å². The Morgan fingerprint density at radius 1 is 1.21 bits per heavy atom. The molecule has 9 nitrogen and oxygen atoms in total. The van der Waals surface area contributed by atoms with E-state index in [4.69, 9.17) is 9.47 Å². The topological polar surface area (TPSA) is 82.6 Å². The Morgan fingerprint density at radius 3 is 2.89 bits per heavy atom.